The van der Waals surface area contributed by atoms with Crippen molar-refractivity contribution in [2.45, 2.75) is 72.6 Å². The normalized spacial score (nSPS) is 8.42. The molecule has 0 fully saturated rings. The van der Waals surface area contributed by atoms with E-state index in [1.165, 1.54) is 45.4 Å². The smallest absolute Gasteiger partial charge is 0.349 e. The Balaban J connectivity index is -0.000000209. The third-order valence-electron chi connectivity index (χ3n) is 2.08. The van der Waals surface area contributed by atoms with Crippen molar-refractivity contribution < 1.29 is 19.8 Å². The second-order valence-electron chi connectivity index (χ2n) is 4.09. The minimum atomic E-state index is -1.16. The Morgan fingerprint density at radius 2 is 1.16 bits per heavy atom. The predicted octanol–water partition coefficient (Wildman–Crippen LogP) is 3.96. The number of rotatable bonds is 7. The van der Waals surface area contributed by atoms with Crippen LogP contribution in [0.4, 0.5) is 0 Å². The molecule has 0 aromatic heterocycles. The highest BCUT2D eigenvalue weighted by Gasteiger charge is 1.93. The summed E-state index contributed by atoms with van der Waals surface area (Å²) in [4.78, 5) is 18.8. The van der Waals surface area contributed by atoms with Crippen LogP contribution in [0.2, 0.25) is 0 Å². The van der Waals surface area contributed by atoms with Crippen LogP contribution < -0.4 is 0 Å². The molecular weight excluding hydrogens is 246 g/mol. The Bertz CT molecular complexity index is 222. The Morgan fingerprint density at radius 3 is 1.26 bits per heavy atom. The number of nitrogens with one attached hydrogen (secondary N) is 1. The molecule has 0 radical (unpaired) electrons. The van der Waals surface area contributed by atoms with Crippen LogP contribution in [-0.2, 0) is 9.59 Å². The van der Waals surface area contributed by atoms with Crippen LogP contribution in [0.1, 0.15) is 72.6 Å². The van der Waals surface area contributed by atoms with Crippen LogP contribution in [-0.4, -0.2) is 27.9 Å². The molecule has 0 unspecified atom stereocenters. The third kappa shape index (κ3) is 38.4. The summed E-state index contributed by atoms with van der Waals surface area (Å²) in [5.41, 5.74) is -0.324. The predicted molar refractivity (Wildman–Crippen MR) is 78.0 cm³/mol. The molecule has 0 amide bonds. The van der Waals surface area contributed by atoms with Gasteiger partial charge in [-0.2, -0.15) is 0 Å². The molecular formula is C14H29NO4. The van der Waals surface area contributed by atoms with Crippen LogP contribution in [0.25, 0.3) is 0 Å². The van der Waals surface area contributed by atoms with Crippen LogP contribution >= 0.6 is 0 Å². The minimum Gasteiger partial charge on any atom is -0.481 e. The SMILES string of the molecule is CC(=N)C(=O)O.CCC(=O)O.CCCCCCCC. The van der Waals surface area contributed by atoms with Crippen molar-refractivity contribution in [1.29, 1.82) is 5.41 Å². The molecule has 0 saturated carbocycles. The van der Waals surface area contributed by atoms with Crippen LogP contribution in [0.15, 0.2) is 0 Å². The fourth-order valence-electron chi connectivity index (χ4n) is 0.854. The molecule has 5 heteroatoms. The summed E-state index contributed by atoms with van der Waals surface area (Å²) >= 11 is 0. The van der Waals surface area contributed by atoms with Crippen molar-refractivity contribution >= 4 is 17.7 Å². The van der Waals surface area contributed by atoms with Gasteiger partial charge in [0.15, 0.2) is 0 Å². The number of carbonyl (C=O) groups is 2. The molecule has 0 saturated heterocycles. The van der Waals surface area contributed by atoms with Gasteiger partial charge in [0.05, 0.1) is 0 Å². The van der Waals surface area contributed by atoms with Gasteiger partial charge in [-0.15, -0.1) is 0 Å². The number of unbranched alkanes of at least 4 members (excludes halogenated alkanes) is 5. The van der Waals surface area contributed by atoms with Gasteiger partial charge in [0, 0.05) is 6.42 Å². The van der Waals surface area contributed by atoms with Gasteiger partial charge in [-0.3, -0.25) is 10.2 Å². The quantitative estimate of drug-likeness (QED) is 0.483. The zero-order chi connectivity index (χ0) is 15.7. The van der Waals surface area contributed by atoms with E-state index < -0.39 is 11.9 Å². The molecule has 0 bridgehead atoms. The molecule has 114 valence electrons. The fraction of sp³-hybridized carbons (Fsp3) is 0.786. The van der Waals surface area contributed by atoms with Crippen LogP contribution in [0, 0.1) is 5.41 Å². The van der Waals surface area contributed by atoms with E-state index in [4.69, 9.17) is 15.6 Å². The molecule has 0 aromatic carbocycles. The number of hydrogen-bond acceptors (Lipinski definition) is 3. The Hall–Kier alpha value is -1.39. The van der Waals surface area contributed by atoms with Crippen molar-refractivity contribution in [3.05, 3.63) is 0 Å². The number of carboxylic acid groups (broad SMARTS) is 2. The van der Waals surface area contributed by atoms with Gasteiger partial charge >= 0.3 is 11.9 Å². The van der Waals surface area contributed by atoms with E-state index in [0.717, 1.165) is 0 Å². The summed E-state index contributed by atoms with van der Waals surface area (Å²) in [5, 5.41) is 21.8. The topological polar surface area (TPSA) is 98.5 Å². The maximum Gasteiger partial charge on any atom is 0.349 e. The zero-order valence-corrected chi connectivity index (χ0v) is 12.7. The number of carboxylic acids is 2. The molecule has 0 aliphatic heterocycles. The van der Waals surface area contributed by atoms with Gasteiger partial charge in [0.2, 0.25) is 0 Å². The lowest BCUT2D eigenvalue weighted by Gasteiger charge is -1.93. The van der Waals surface area contributed by atoms with E-state index in [-0.39, 0.29) is 12.1 Å². The van der Waals surface area contributed by atoms with Crippen molar-refractivity contribution in [3.63, 3.8) is 0 Å². The lowest BCUT2D eigenvalue weighted by atomic mass is 10.1. The first-order chi connectivity index (χ1) is 8.83. The number of aliphatic carboxylic acids is 2. The Morgan fingerprint density at radius 1 is 0.895 bits per heavy atom. The van der Waals surface area contributed by atoms with Gasteiger partial charge in [-0.25, -0.2) is 4.79 Å². The van der Waals surface area contributed by atoms with Crippen molar-refractivity contribution in [2.24, 2.45) is 0 Å². The largest absolute Gasteiger partial charge is 0.481 e. The molecule has 0 aromatic rings. The molecule has 0 rings (SSSR count). The van der Waals surface area contributed by atoms with E-state index in [1.54, 1.807) is 6.92 Å². The van der Waals surface area contributed by atoms with E-state index in [9.17, 15) is 9.59 Å². The van der Waals surface area contributed by atoms with Crippen molar-refractivity contribution in [3.8, 4) is 0 Å². The highest BCUT2D eigenvalue weighted by Crippen LogP contribution is 2.03. The van der Waals surface area contributed by atoms with Crippen molar-refractivity contribution in [1.82, 2.24) is 0 Å². The molecule has 5 nitrogen and oxygen atoms in total. The standard InChI is InChI=1S/C8H18.C3H5NO2.C3H6O2/c1-3-5-7-8-6-4-2;1-2(4)3(5)6;1-2-3(4)5/h3-8H2,1-2H3;4H,1H3,(H,5,6);2H2,1H3,(H,4,5). The van der Waals surface area contributed by atoms with E-state index in [1.807, 2.05) is 0 Å². The highest BCUT2D eigenvalue weighted by molar-refractivity contribution is 6.33. The van der Waals surface area contributed by atoms with Crippen LogP contribution in [0.3, 0.4) is 0 Å². The zero-order valence-electron chi connectivity index (χ0n) is 12.7. The van der Waals surface area contributed by atoms with Gasteiger partial charge in [0.1, 0.15) is 5.71 Å². The van der Waals surface area contributed by atoms with Gasteiger partial charge < -0.3 is 10.2 Å². The molecule has 0 spiro atoms. The molecule has 3 N–H and O–H groups in total. The molecule has 19 heavy (non-hydrogen) atoms. The summed E-state index contributed by atoms with van der Waals surface area (Å²) in [5.74, 6) is -1.90. The molecule has 0 aliphatic rings. The van der Waals surface area contributed by atoms with Gasteiger partial charge in [-0.05, 0) is 6.92 Å². The summed E-state index contributed by atoms with van der Waals surface area (Å²) in [6, 6.07) is 0. The summed E-state index contributed by atoms with van der Waals surface area (Å²) in [7, 11) is 0. The second kappa shape index (κ2) is 19.0. The third-order valence-corrected chi connectivity index (χ3v) is 2.08. The molecule has 0 aliphatic carbocycles. The monoisotopic (exact) mass is 275 g/mol. The number of hydrogen-bond donors (Lipinski definition) is 3. The van der Waals surface area contributed by atoms with E-state index >= 15 is 0 Å². The van der Waals surface area contributed by atoms with E-state index in [2.05, 4.69) is 13.8 Å². The summed E-state index contributed by atoms with van der Waals surface area (Å²) in [6.45, 7) is 7.34. The summed E-state index contributed by atoms with van der Waals surface area (Å²) < 4.78 is 0. The average Bonchev–Trinajstić information content (AvgIpc) is 2.36. The minimum absolute atomic E-state index is 0.222. The lowest BCUT2D eigenvalue weighted by Crippen LogP contribution is -2.04. The maximum absolute atomic E-state index is 9.47. The Labute approximate surface area is 116 Å². The van der Waals surface area contributed by atoms with Gasteiger partial charge in [0.25, 0.3) is 0 Å². The maximum atomic E-state index is 9.47. The average molecular weight is 275 g/mol. The van der Waals surface area contributed by atoms with E-state index in [0.29, 0.717) is 0 Å². The first-order valence-corrected chi connectivity index (χ1v) is 6.83. The molecule has 0 heterocycles. The Kier molecular flexibility index (Phi) is 22.7. The van der Waals surface area contributed by atoms with Gasteiger partial charge in [-0.1, -0.05) is 59.3 Å². The van der Waals surface area contributed by atoms with Crippen molar-refractivity contribution in [2.75, 3.05) is 0 Å². The molecule has 0 atom stereocenters. The summed E-state index contributed by atoms with van der Waals surface area (Å²) in [6.07, 6.45) is 8.71. The highest BCUT2D eigenvalue weighted by atomic mass is 16.4. The lowest BCUT2D eigenvalue weighted by molar-refractivity contribution is -0.136. The fourth-order valence-corrected chi connectivity index (χ4v) is 0.854. The first kappa shape index (κ1) is 22.8. The van der Waals surface area contributed by atoms with Crippen LogP contribution in [0.5, 0.6) is 0 Å². The first-order valence-electron chi connectivity index (χ1n) is 6.83. The second-order valence-corrected chi connectivity index (χ2v) is 4.09.